The van der Waals surface area contributed by atoms with E-state index in [9.17, 15) is 0 Å². The van der Waals surface area contributed by atoms with Crippen LogP contribution in [0.2, 0.25) is 0 Å². The maximum absolute atomic E-state index is 5.63. The molecule has 1 atom stereocenters. The quantitative estimate of drug-likeness (QED) is 0.796. The monoisotopic (exact) mass is 346 g/mol. The molecule has 0 radical (unpaired) electrons. The molecule has 0 saturated heterocycles. The Kier molecular flexibility index (Phi) is 6.46. The van der Waals surface area contributed by atoms with Crippen LogP contribution >= 0.6 is 39.9 Å². The molecule has 0 aliphatic heterocycles. The molecule has 1 aromatic rings. The fourth-order valence-corrected chi connectivity index (χ4v) is 3.03. The third kappa shape index (κ3) is 4.14. The number of rotatable bonds is 6. The van der Waals surface area contributed by atoms with E-state index in [1.807, 2.05) is 23.9 Å². The molecule has 1 rings (SSSR count). The first-order valence-electron chi connectivity index (χ1n) is 5.78. The minimum atomic E-state index is 0.431. The summed E-state index contributed by atoms with van der Waals surface area (Å²) >= 11 is 10.5. The highest BCUT2D eigenvalue weighted by Crippen LogP contribution is 2.28. The van der Waals surface area contributed by atoms with Crippen LogP contribution in [0.15, 0.2) is 22.7 Å². The van der Waals surface area contributed by atoms with Gasteiger partial charge in [-0.3, -0.25) is 0 Å². The lowest BCUT2D eigenvalue weighted by atomic mass is 10.1. The summed E-state index contributed by atoms with van der Waals surface area (Å²) < 4.78 is 1.03. The normalized spacial score (nSPS) is 12.2. The molecule has 1 aromatic carbocycles. The highest BCUT2D eigenvalue weighted by molar-refractivity contribution is 9.10. The van der Waals surface area contributed by atoms with Crippen LogP contribution in [0.3, 0.4) is 0 Å². The lowest BCUT2D eigenvalue weighted by molar-refractivity contribution is 0.668. The standard InChI is InChI=1S/C13H19BrN2S2/c1-9(6-7-18-3)16(2)12-5-4-10(13(15)17)8-11(12)14/h4-5,8-9H,6-7H2,1-3H3,(H2,15,17). The van der Waals surface area contributed by atoms with Gasteiger partial charge in [0, 0.05) is 23.1 Å². The van der Waals surface area contributed by atoms with Gasteiger partial charge in [-0.2, -0.15) is 11.8 Å². The maximum Gasteiger partial charge on any atom is 0.104 e. The van der Waals surface area contributed by atoms with Crippen LogP contribution in [-0.2, 0) is 0 Å². The molecule has 0 aliphatic carbocycles. The summed E-state index contributed by atoms with van der Waals surface area (Å²) in [5.74, 6) is 1.17. The van der Waals surface area contributed by atoms with E-state index in [-0.39, 0.29) is 0 Å². The largest absolute Gasteiger partial charge is 0.389 e. The van der Waals surface area contributed by atoms with Crippen LogP contribution in [0.1, 0.15) is 18.9 Å². The van der Waals surface area contributed by atoms with Gasteiger partial charge < -0.3 is 10.6 Å². The molecule has 0 aliphatic rings. The van der Waals surface area contributed by atoms with E-state index in [2.05, 4.69) is 47.1 Å². The molecule has 5 heteroatoms. The molecule has 100 valence electrons. The first-order valence-corrected chi connectivity index (χ1v) is 8.38. The van der Waals surface area contributed by atoms with E-state index < -0.39 is 0 Å². The van der Waals surface area contributed by atoms with Crippen LogP contribution in [-0.4, -0.2) is 30.1 Å². The Labute approximate surface area is 127 Å². The number of nitrogens with zero attached hydrogens (tertiary/aromatic N) is 1. The molecule has 0 saturated carbocycles. The van der Waals surface area contributed by atoms with Gasteiger partial charge in [-0.05, 0) is 59.5 Å². The number of hydrogen-bond donors (Lipinski definition) is 1. The second-order valence-corrected chi connectivity index (χ2v) is 6.55. The van der Waals surface area contributed by atoms with Crippen molar-refractivity contribution in [2.45, 2.75) is 19.4 Å². The summed E-state index contributed by atoms with van der Waals surface area (Å²) in [6.07, 6.45) is 3.31. The lowest BCUT2D eigenvalue weighted by Gasteiger charge is -2.28. The number of thioether (sulfide) groups is 1. The van der Waals surface area contributed by atoms with Crippen LogP contribution in [0.25, 0.3) is 0 Å². The Morgan fingerprint density at radius 3 is 2.72 bits per heavy atom. The van der Waals surface area contributed by atoms with E-state index >= 15 is 0 Å². The van der Waals surface area contributed by atoms with Gasteiger partial charge >= 0.3 is 0 Å². The number of hydrogen-bond acceptors (Lipinski definition) is 3. The molecule has 0 bridgehead atoms. The number of benzene rings is 1. The summed E-state index contributed by atoms with van der Waals surface area (Å²) in [6.45, 7) is 2.24. The Morgan fingerprint density at radius 1 is 1.56 bits per heavy atom. The van der Waals surface area contributed by atoms with Crippen LogP contribution < -0.4 is 10.6 Å². The van der Waals surface area contributed by atoms with Gasteiger partial charge in [-0.1, -0.05) is 12.2 Å². The fourth-order valence-electron chi connectivity index (χ4n) is 1.67. The topological polar surface area (TPSA) is 29.3 Å². The molecule has 0 fully saturated rings. The van der Waals surface area contributed by atoms with Gasteiger partial charge in [-0.15, -0.1) is 0 Å². The van der Waals surface area contributed by atoms with E-state index in [1.54, 1.807) is 0 Å². The molecule has 0 aromatic heterocycles. The Bertz CT molecular complexity index is 423. The predicted molar refractivity (Wildman–Crippen MR) is 90.9 cm³/mol. The van der Waals surface area contributed by atoms with Crippen molar-refractivity contribution in [3.8, 4) is 0 Å². The minimum Gasteiger partial charge on any atom is -0.389 e. The van der Waals surface area contributed by atoms with Crippen molar-refractivity contribution in [3.63, 3.8) is 0 Å². The van der Waals surface area contributed by atoms with Gasteiger partial charge in [0.2, 0.25) is 0 Å². The van der Waals surface area contributed by atoms with Crippen molar-refractivity contribution in [2.75, 3.05) is 24.0 Å². The van der Waals surface area contributed by atoms with Gasteiger partial charge in [0.1, 0.15) is 4.99 Å². The second kappa shape index (κ2) is 7.36. The van der Waals surface area contributed by atoms with Crippen molar-refractivity contribution < 1.29 is 0 Å². The van der Waals surface area contributed by atoms with Crippen LogP contribution in [0, 0.1) is 0 Å². The third-order valence-corrected chi connectivity index (χ3v) is 4.53. The van der Waals surface area contributed by atoms with Crippen molar-refractivity contribution in [1.82, 2.24) is 0 Å². The fraction of sp³-hybridized carbons (Fsp3) is 0.462. The van der Waals surface area contributed by atoms with Crippen molar-refractivity contribution in [1.29, 1.82) is 0 Å². The third-order valence-electron chi connectivity index (χ3n) is 3.01. The average Bonchev–Trinajstić information content (AvgIpc) is 2.34. The lowest BCUT2D eigenvalue weighted by Crippen LogP contribution is -2.29. The molecule has 2 N–H and O–H groups in total. The first kappa shape index (κ1) is 15.8. The summed E-state index contributed by atoms with van der Waals surface area (Å²) in [4.78, 5) is 2.71. The maximum atomic E-state index is 5.63. The summed E-state index contributed by atoms with van der Waals surface area (Å²) in [6, 6.07) is 6.52. The van der Waals surface area contributed by atoms with E-state index in [1.165, 1.54) is 17.9 Å². The average molecular weight is 347 g/mol. The number of nitrogens with two attached hydrogens (primary N) is 1. The molecule has 18 heavy (non-hydrogen) atoms. The molecule has 0 amide bonds. The molecular formula is C13H19BrN2S2. The zero-order chi connectivity index (χ0) is 13.7. The van der Waals surface area contributed by atoms with E-state index in [4.69, 9.17) is 18.0 Å². The molecule has 2 nitrogen and oxygen atoms in total. The van der Waals surface area contributed by atoms with E-state index in [0.29, 0.717) is 11.0 Å². The number of thiocarbonyl (C=S) groups is 1. The Balaban J connectivity index is 2.86. The van der Waals surface area contributed by atoms with Crippen molar-refractivity contribution in [3.05, 3.63) is 28.2 Å². The smallest absolute Gasteiger partial charge is 0.104 e. The Morgan fingerprint density at radius 2 is 2.22 bits per heavy atom. The Hall–Kier alpha value is -0.260. The minimum absolute atomic E-state index is 0.431. The summed E-state index contributed by atoms with van der Waals surface area (Å²) in [5.41, 5.74) is 7.69. The van der Waals surface area contributed by atoms with Crippen molar-refractivity contribution in [2.24, 2.45) is 5.73 Å². The van der Waals surface area contributed by atoms with Gasteiger partial charge in [0.25, 0.3) is 0 Å². The molecular weight excluding hydrogens is 328 g/mol. The zero-order valence-corrected chi connectivity index (χ0v) is 14.2. The van der Waals surface area contributed by atoms with Crippen molar-refractivity contribution >= 4 is 50.6 Å². The molecule has 0 spiro atoms. The zero-order valence-electron chi connectivity index (χ0n) is 10.9. The molecule has 0 heterocycles. The van der Waals surface area contributed by atoms with E-state index in [0.717, 1.165) is 10.0 Å². The molecule has 1 unspecified atom stereocenters. The number of anilines is 1. The summed E-state index contributed by atoms with van der Waals surface area (Å²) in [7, 11) is 2.12. The van der Waals surface area contributed by atoms with Gasteiger partial charge in [0.05, 0.1) is 5.69 Å². The highest BCUT2D eigenvalue weighted by atomic mass is 79.9. The SMILES string of the molecule is CSCCC(C)N(C)c1ccc(C(N)=S)cc1Br. The van der Waals surface area contributed by atoms with Gasteiger partial charge in [-0.25, -0.2) is 0 Å². The highest BCUT2D eigenvalue weighted by Gasteiger charge is 2.13. The second-order valence-electron chi connectivity index (χ2n) is 4.27. The van der Waals surface area contributed by atoms with Gasteiger partial charge in [0.15, 0.2) is 0 Å². The van der Waals surface area contributed by atoms with Crippen LogP contribution in [0.5, 0.6) is 0 Å². The predicted octanol–water partition coefficient (Wildman–Crippen LogP) is 3.66. The van der Waals surface area contributed by atoms with Crippen LogP contribution in [0.4, 0.5) is 5.69 Å². The number of halogens is 1. The first-order chi connectivity index (χ1) is 8.47. The summed E-state index contributed by atoms with van der Waals surface area (Å²) in [5, 5.41) is 0.